The molecule has 0 aliphatic carbocycles. The Morgan fingerprint density at radius 2 is 1.62 bits per heavy atom. The van der Waals surface area contributed by atoms with Crippen molar-refractivity contribution in [2.24, 2.45) is 0 Å². The van der Waals surface area contributed by atoms with Crippen LogP contribution in [0.2, 0.25) is 5.02 Å². The van der Waals surface area contributed by atoms with Gasteiger partial charge in [-0.2, -0.15) is 0 Å². The summed E-state index contributed by atoms with van der Waals surface area (Å²) in [6.07, 6.45) is 0. The van der Waals surface area contributed by atoms with Crippen molar-refractivity contribution in [1.29, 1.82) is 0 Å². The number of carbonyl (C=O) groups is 1. The number of carbonyl (C=O) groups excluding carboxylic acids is 1. The summed E-state index contributed by atoms with van der Waals surface area (Å²) < 4.78 is 5.16. The summed E-state index contributed by atoms with van der Waals surface area (Å²) in [7, 11) is 1.62. The van der Waals surface area contributed by atoms with E-state index in [1.54, 1.807) is 19.2 Å². The second-order valence-electron chi connectivity index (χ2n) is 6.60. The molecule has 0 aliphatic heterocycles. The van der Waals surface area contributed by atoms with Gasteiger partial charge < -0.3 is 15.4 Å². The van der Waals surface area contributed by atoms with Crippen LogP contribution >= 0.6 is 11.6 Å². The Labute approximate surface area is 148 Å². The molecule has 0 saturated heterocycles. The average Bonchev–Trinajstić information content (AvgIpc) is 2.52. The van der Waals surface area contributed by atoms with Gasteiger partial charge in [0, 0.05) is 16.2 Å². The molecule has 24 heavy (non-hydrogen) atoms. The molecule has 0 bridgehead atoms. The number of halogens is 1. The summed E-state index contributed by atoms with van der Waals surface area (Å²) in [6.45, 7) is 5.87. The molecule has 0 aromatic heterocycles. The Bertz CT molecular complexity index is 676. The van der Waals surface area contributed by atoms with Crippen LogP contribution in [0.5, 0.6) is 5.75 Å². The lowest BCUT2D eigenvalue weighted by molar-refractivity contribution is -0.123. The zero-order valence-corrected chi connectivity index (χ0v) is 15.1. The van der Waals surface area contributed by atoms with Crippen molar-refractivity contribution >= 4 is 23.2 Å². The number of nitrogens with one attached hydrogen (secondary N) is 2. The van der Waals surface area contributed by atoms with Crippen molar-refractivity contribution in [1.82, 2.24) is 5.32 Å². The predicted molar refractivity (Wildman–Crippen MR) is 98.7 cm³/mol. The zero-order valence-electron chi connectivity index (χ0n) is 14.4. The molecule has 2 rings (SSSR count). The van der Waals surface area contributed by atoms with Crippen LogP contribution in [0, 0.1) is 0 Å². The Morgan fingerprint density at radius 3 is 2.12 bits per heavy atom. The monoisotopic (exact) mass is 346 g/mol. The number of hydrogen-bond acceptors (Lipinski definition) is 3. The maximum absolute atomic E-state index is 12.7. The van der Waals surface area contributed by atoms with Crippen LogP contribution in [0.15, 0.2) is 48.5 Å². The van der Waals surface area contributed by atoms with E-state index in [0.717, 1.165) is 17.0 Å². The number of methoxy groups -OCH3 is 1. The summed E-state index contributed by atoms with van der Waals surface area (Å²) in [6, 6.07) is 14.2. The number of benzene rings is 2. The van der Waals surface area contributed by atoms with Crippen LogP contribution in [0.4, 0.5) is 5.69 Å². The topological polar surface area (TPSA) is 50.4 Å². The highest BCUT2D eigenvalue weighted by atomic mass is 35.5. The first-order valence-electron chi connectivity index (χ1n) is 7.76. The van der Waals surface area contributed by atoms with E-state index in [9.17, 15) is 4.79 Å². The van der Waals surface area contributed by atoms with Crippen molar-refractivity contribution in [3.63, 3.8) is 0 Å². The number of ether oxygens (including phenoxy) is 1. The number of amides is 1. The van der Waals surface area contributed by atoms with E-state index in [1.165, 1.54) is 0 Å². The molecule has 1 unspecified atom stereocenters. The molecule has 1 atom stereocenters. The first kappa shape index (κ1) is 18.1. The van der Waals surface area contributed by atoms with Crippen LogP contribution in [-0.2, 0) is 4.79 Å². The summed E-state index contributed by atoms with van der Waals surface area (Å²) in [5.74, 6) is 0.670. The molecule has 0 radical (unpaired) electrons. The van der Waals surface area contributed by atoms with Gasteiger partial charge in [-0.1, -0.05) is 23.7 Å². The van der Waals surface area contributed by atoms with E-state index in [4.69, 9.17) is 16.3 Å². The summed E-state index contributed by atoms with van der Waals surface area (Å²) in [4.78, 5) is 12.7. The minimum Gasteiger partial charge on any atom is -0.497 e. The lowest BCUT2D eigenvalue weighted by Crippen LogP contribution is -2.44. The van der Waals surface area contributed by atoms with Gasteiger partial charge in [0.05, 0.1) is 7.11 Å². The quantitative estimate of drug-likeness (QED) is 0.842. The molecule has 0 spiro atoms. The van der Waals surface area contributed by atoms with E-state index in [2.05, 4.69) is 10.6 Å². The van der Waals surface area contributed by atoms with E-state index < -0.39 is 6.04 Å². The highest BCUT2D eigenvalue weighted by Gasteiger charge is 2.24. The largest absolute Gasteiger partial charge is 0.497 e. The fourth-order valence-corrected chi connectivity index (χ4v) is 2.38. The lowest BCUT2D eigenvalue weighted by atomic mass is 10.0. The van der Waals surface area contributed by atoms with E-state index in [1.807, 2.05) is 57.2 Å². The van der Waals surface area contributed by atoms with Crippen molar-refractivity contribution < 1.29 is 9.53 Å². The smallest absolute Gasteiger partial charge is 0.247 e. The Kier molecular flexibility index (Phi) is 5.73. The molecule has 2 N–H and O–H groups in total. The molecule has 4 nitrogen and oxygen atoms in total. The first-order chi connectivity index (χ1) is 11.3. The highest BCUT2D eigenvalue weighted by Crippen LogP contribution is 2.24. The molecule has 5 heteroatoms. The van der Waals surface area contributed by atoms with Gasteiger partial charge in [0.1, 0.15) is 11.8 Å². The maximum Gasteiger partial charge on any atom is 0.247 e. The average molecular weight is 347 g/mol. The predicted octanol–water partition coefficient (Wildman–Crippen LogP) is 4.42. The first-order valence-corrected chi connectivity index (χ1v) is 8.14. The van der Waals surface area contributed by atoms with Gasteiger partial charge in [-0.3, -0.25) is 4.79 Å². The van der Waals surface area contributed by atoms with Gasteiger partial charge in [0.25, 0.3) is 0 Å². The third-order valence-corrected chi connectivity index (χ3v) is 3.62. The minimum atomic E-state index is -0.519. The molecule has 0 saturated carbocycles. The third-order valence-electron chi connectivity index (χ3n) is 3.36. The normalized spacial score (nSPS) is 12.4. The molecule has 0 heterocycles. The Morgan fingerprint density at radius 1 is 1.04 bits per heavy atom. The van der Waals surface area contributed by atoms with E-state index in [-0.39, 0.29) is 11.4 Å². The third kappa shape index (κ3) is 5.17. The Balaban J connectivity index is 2.27. The van der Waals surface area contributed by atoms with Crippen molar-refractivity contribution in [3.8, 4) is 5.75 Å². The van der Waals surface area contributed by atoms with Gasteiger partial charge in [-0.05, 0) is 62.7 Å². The number of anilines is 1. The van der Waals surface area contributed by atoms with Gasteiger partial charge in [0.2, 0.25) is 5.91 Å². The van der Waals surface area contributed by atoms with Crippen LogP contribution in [0.3, 0.4) is 0 Å². The maximum atomic E-state index is 12.7. The van der Waals surface area contributed by atoms with Gasteiger partial charge in [0.15, 0.2) is 0 Å². The number of rotatable bonds is 5. The van der Waals surface area contributed by atoms with E-state index >= 15 is 0 Å². The van der Waals surface area contributed by atoms with Crippen molar-refractivity contribution in [2.45, 2.75) is 32.4 Å². The van der Waals surface area contributed by atoms with Crippen LogP contribution in [0.25, 0.3) is 0 Å². The molecule has 2 aromatic rings. The van der Waals surface area contributed by atoms with Crippen LogP contribution in [0.1, 0.15) is 32.4 Å². The molecule has 1 amide bonds. The second kappa shape index (κ2) is 7.58. The van der Waals surface area contributed by atoms with Crippen molar-refractivity contribution in [2.75, 3.05) is 12.4 Å². The van der Waals surface area contributed by atoms with Crippen LogP contribution in [-0.4, -0.2) is 18.6 Å². The zero-order chi connectivity index (χ0) is 17.7. The number of hydrogen-bond donors (Lipinski definition) is 2. The van der Waals surface area contributed by atoms with Crippen molar-refractivity contribution in [3.05, 3.63) is 59.1 Å². The molecular weight excluding hydrogens is 324 g/mol. The standard InChI is InChI=1S/C19H23ClN2O2/c1-19(2,3)22-18(23)17(13-5-7-14(20)8-6-13)21-15-9-11-16(24-4)12-10-15/h5-12,17,21H,1-4H3,(H,22,23). The summed E-state index contributed by atoms with van der Waals surface area (Å²) in [5, 5.41) is 6.93. The van der Waals surface area contributed by atoms with Crippen LogP contribution < -0.4 is 15.4 Å². The molecule has 2 aromatic carbocycles. The second-order valence-corrected chi connectivity index (χ2v) is 7.03. The SMILES string of the molecule is COc1ccc(NC(C(=O)NC(C)(C)C)c2ccc(Cl)cc2)cc1. The summed E-state index contributed by atoms with van der Waals surface area (Å²) in [5.41, 5.74) is 1.36. The fourth-order valence-electron chi connectivity index (χ4n) is 2.25. The molecule has 128 valence electrons. The van der Waals surface area contributed by atoms with E-state index in [0.29, 0.717) is 5.02 Å². The van der Waals surface area contributed by atoms with Gasteiger partial charge in [-0.15, -0.1) is 0 Å². The lowest BCUT2D eigenvalue weighted by Gasteiger charge is -2.26. The minimum absolute atomic E-state index is 0.0966. The molecular formula is C19H23ClN2O2. The molecule has 0 aliphatic rings. The summed E-state index contributed by atoms with van der Waals surface area (Å²) >= 11 is 5.96. The highest BCUT2D eigenvalue weighted by molar-refractivity contribution is 6.30. The molecule has 0 fully saturated rings. The Hall–Kier alpha value is -2.20. The van der Waals surface area contributed by atoms with Gasteiger partial charge in [-0.25, -0.2) is 0 Å². The van der Waals surface area contributed by atoms with Gasteiger partial charge >= 0.3 is 0 Å². The fraction of sp³-hybridized carbons (Fsp3) is 0.316.